The topological polar surface area (TPSA) is 60.8 Å². The number of nitrogens with one attached hydrogen (secondary N) is 4. The number of benzene rings is 2. The summed E-state index contributed by atoms with van der Waals surface area (Å²) >= 11 is 5.22. The van der Waals surface area contributed by atoms with Gasteiger partial charge in [-0.25, -0.2) is 0 Å². The third-order valence-electron chi connectivity index (χ3n) is 4.89. The van der Waals surface area contributed by atoms with E-state index in [9.17, 15) is 4.79 Å². The number of hydrazine groups is 1. The molecule has 1 heterocycles. The van der Waals surface area contributed by atoms with Gasteiger partial charge in [0.05, 0.1) is 39.1 Å². The van der Waals surface area contributed by atoms with E-state index in [0.717, 1.165) is 44.0 Å². The van der Waals surface area contributed by atoms with Gasteiger partial charge in [-0.15, -0.1) is 0 Å². The second-order valence-corrected chi connectivity index (χ2v) is 7.48. The molecule has 3 rings (SSSR count). The number of thiocarbonyl (C=S) groups is 1. The van der Waals surface area contributed by atoms with Crippen LogP contribution in [0, 0.1) is 6.92 Å². The molecule has 6 nitrogen and oxygen atoms in total. The first kappa shape index (κ1) is 20.1. The molecule has 1 saturated heterocycles. The standard InChI is InChI=1S/C21H27N5OS/c1-17-6-5-7-18(16-17)22-21(28)24-23-20(27)10-11-25-12-14-26(15-13-25)19-8-3-2-4-9-19/h2-9,16H,10-15H2,1H3,(H,23,27)(H2,22,24,28)/p+1. The third-order valence-corrected chi connectivity index (χ3v) is 5.09. The van der Waals surface area contributed by atoms with Crippen molar-refractivity contribution < 1.29 is 9.69 Å². The predicted octanol–water partition coefficient (Wildman–Crippen LogP) is 1.11. The second kappa shape index (κ2) is 10.1. The smallest absolute Gasteiger partial charge is 0.244 e. The summed E-state index contributed by atoms with van der Waals surface area (Å²) in [5.74, 6) is -0.0496. The first-order valence-electron chi connectivity index (χ1n) is 9.66. The lowest BCUT2D eigenvalue weighted by Crippen LogP contribution is -3.15. The summed E-state index contributed by atoms with van der Waals surface area (Å²) in [7, 11) is 0. The van der Waals surface area contributed by atoms with Gasteiger partial charge in [0.1, 0.15) is 0 Å². The Bertz CT molecular complexity index is 790. The number of carbonyl (C=O) groups excluding carboxylic acids is 1. The molecule has 2 aromatic rings. The summed E-state index contributed by atoms with van der Waals surface area (Å²) < 4.78 is 0. The molecule has 1 amide bonds. The molecule has 2 aromatic carbocycles. The highest BCUT2D eigenvalue weighted by atomic mass is 32.1. The predicted molar refractivity (Wildman–Crippen MR) is 118 cm³/mol. The lowest BCUT2D eigenvalue weighted by molar-refractivity contribution is -0.900. The molecule has 0 bridgehead atoms. The lowest BCUT2D eigenvalue weighted by Gasteiger charge is -2.33. The van der Waals surface area contributed by atoms with Crippen molar-refractivity contribution in [3.8, 4) is 0 Å². The number of hydrogen-bond acceptors (Lipinski definition) is 3. The van der Waals surface area contributed by atoms with E-state index in [4.69, 9.17) is 12.2 Å². The number of para-hydroxylation sites is 1. The van der Waals surface area contributed by atoms with Crippen molar-refractivity contribution in [3.63, 3.8) is 0 Å². The van der Waals surface area contributed by atoms with Crippen molar-refractivity contribution in [1.29, 1.82) is 0 Å². The molecule has 0 atom stereocenters. The number of anilines is 2. The average Bonchev–Trinajstić information content (AvgIpc) is 2.72. The van der Waals surface area contributed by atoms with Crippen LogP contribution < -0.4 is 26.0 Å². The van der Waals surface area contributed by atoms with Gasteiger partial charge in [0.25, 0.3) is 0 Å². The van der Waals surface area contributed by atoms with E-state index >= 15 is 0 Å². The Morgan fingerprint density at radius 1 is 1.07 bits per heavy atom. The van der Waals surface area contributed by atoms with Crippen molar-refractivity contribution in [2.75, 3.05) is 42.9 Å². The van der Waals surface area contributed by atoms with Gasteiger partial charge in [-0.05, 0) is 49.0 Å². The van der Waals surface area contributed by atoms with Gasteiger partial charge in [-0.3, -0.25) is 15.6 Å². The Kier molecular flexibility index (Phi) is 7.22. The minimum absolute atomic E-state index is 0.0496. The SMILES string of the molecule is Cc1cccc(NC(=S)NNC(=O)CC[NH+]2CCN(c3ccccc3)CC2)c1. The highest BCUT2D eigenvalue weighted by molar-refractivity contribution is 7.80. The van der Waals surface area contributed by atoms with Crippen molar-refractivity contribution >= 4 is 34.6 Å². The summed E-state index contributed by atoms with van der Waals surface area (Å²) in [4.78, 5) is 16.0. The van der Waals surface area contributed by atoms with Gasteiger partial charge in [0, 0.05) is 11.4 Å². The molecule has 148 valence electrons. The monoisotopic (exact) mass is 398 g/mol. The maximum atomic E-state index is 12.1. The van der Waals surface area contributed by atoms with Crippen LogP contribution in [-0.2, 0) is 4.79 Å². The largest absolute Gasteiger partial charge is 0.360 e. The Morgan fingerprint density at radius 3 is 2.54 bits per heavy atom. The average molecular weight is 399 g/mol. The Morgan fingerprint density at radius 2 is 1.82 bits per heavy atom. The van der Waals surface area contributed by atoms with Crippen LogP contribution >= 0.6 is 12.2 Å². The number of quaternary nitrogens is 1. The highest BCUT2D eigenvalue weighted by Gasteiger charge is 2.20. The van der Waals surface area contributed by atoms with E-state index in [1.165, 1.54) is 10.6 Å². The third kappa shape index (κ3) is 6.21. The molecule has 1 fully saturated rings. The van der Waals surface area contributed by atoms with Gasteiger partial charge in [0.15, 0.2) is 5.11 Å². The van der Waals surface area contributed by atoms with Crippen LogP contribution in [0.3, 0.4) is 0 Å². The summed E-state index contributed by atoms with van der Waals surface area (Å²) in [5, 5.41) is 3.44. The van der Waals surface area contributed by atoms with E-state index in [1.807, 2.05) is 37.3 Å². The molecule has 0 aliphatic carbocycles. The molecule has 7 heteroatoms. The molecule has 0 saturated carbocycles. The van der Waals surface area contributed by atoms with Crippen molar-refractivity contribution in [2.24, 2.45) is 0 Å². The van der Waals surface area contributed by atoms with Gasteiger partial charge >= 0.3 is 0 Å². The number of rotatable bonds is 5. The fraction of sp³-hybridized carbons (Fsp3) is 0.333. The summed E-state index contributed by atoms with van der Waals surface area (Å²) in [6.07, 6.45) is 0.473. The molecule has 28 heavy (non-hydrogen) atoms. The number of amides is 1. The molecular weight excluding hydrogens is 370 g/mol. The van der Waals surface area contributed by atoms with Crippen molar-refractivity contribution in [3.05, 3.63) is 60.2 Å². The van der Waals surface area contributed by atoms with E-state index in [-0.39, 0.29) is 5.91 Å². The molecule has 1 aliphatic rings. The zero-order valence-electron chi connectivity index (χ0n) is 16.2. The number of piperazine rings is 1. The van der Waals surface area contributed by atoms with Gasteiger partial charge in [0.2, 0.25) is 5.91 Å². The molecule has 0 spiro atoms. The fourth-order valence-electron chi connectivity index (χ4n) is 3.33. The summed E-state index contributed by atoms with van der Waals surface area (Å²) in [6, 6.07) is 18.4. The Balaban J connectivity index is 1.32. The van der Waals surface area contributed by atoms with Crippen LogP contribution in [0.25, 0.3) is 0 Å². The number of carbonyl (C=O) groups is 1. The minimum Gasteiger partial charge on any atom is -0.360 e. The lowest BCUT2D eigenvalue weighted by atomic mass is 10.2. The van der Waals surface area contributed by atoms with Gasteiger partial charge < -0.3 is 15.1 Å². The molecule has 0 radical (unpaired) electrons. The van der Waals surface area contributed by atoms with Crippen LogP contribution in [0.2, 0.25) is 0 Å². The summed E-state index contributed by atoms with van der Waals surface area (Å²) in [5.41, 5.74) is 8.76. The van der Waals surface area contributed by atoms with E-state index in [2.05, 4.69) is 45.3 Å². The van der Waals surface area contributed by atoms with Gasteiger partial charge in [-0.2, -0.15) is 0 Å². The first-order chi connectivity index (χ1) is 13.6. The van der Waals surface area contributed by atoms with Crippen LogP contribution in [0.4, 0.5) is 11.4 Å². The van der Waals surface area contributed by atoms with E-state index in [1.54, 1.807) is 0 Å². The first-order valence-corrected chi connectivity index (χ1v) is 10.1. The van der Waals surface area contributed by atoms with Crippen LogP contribution in [0.5, 0.6) is 0 Å². The van der Waals surface area contributed by atoms with E-state index < -0.39 is 0 Å². The zero-order chi connectivity index (χ0) is 19.8. The molecule has 4 N–H and O–H groups in total. The number of nitrogens with zero attached hydrogens (tertiary/aromatic N) is 1. The molecule has 0 unspecified atom stereocenters. The number of aryl methyl sites for hydroxylation is 1. The molecule has 1 aliphatic heterocycles. The van der Waals surface area contributed by atoms with E-state index in [0.29, 0.717) is 11.5 Å². The maximum Gasteiger partial charge on any atom is 0.244 e. The maximum absolute atomic E-state index is 12.1. The van der Waals surface area contributed by atoms with Crippen LogP contribution in [-0.4, -0.2) is 43.7 Å². The Labute approximate surface area is 171 Å². The Hall–Kier alpha value is -2.64. The quantitative estimate of drug-likeness (QED) is 0.449. The minimum atomic E-state index is -0.0496. The van der Waals surface area contributed by atoms with Crippen molar-refractivity contribution in [2.45, 2.75) is 13.3 Å². The van der Waals surface area contributed by atoms with Crippen LogP contribution in [0.15, 0.2) is 54.6 Å². The summed E-state index contributed by atoms with van der Waals surface area (Å²) in [6.45, 7) is 6.97. The molecular formula is C21H28N5OS+. The number of hydrogen-bond donors (Lipinski definition) is 4. The zero-order valence-corrected chi connectivity index (χ0v) is 17.0. The second-order valence-electron chi connectivity index (χ2n) is 7.07. The molecule has 0 aromatic heterocycles. The highest BCUT2D eigenvalue weighted by Crippen LogP contribution is 2.12. The fourth-order valence-corrected chi connectivity index (χ4v) is 3.50. The van der Waals surface area contributed by atoms with Gasteiger partial charge in [-0.1, -0.05) is 30.3 Å². The van der Waals surface area contributed by atoms with Crippen molar-refractivity contribution in [1.82, 2.24) is 10.9 Å². The van der Waals surface area contributed by atoms with Crippen LogP contribution in [0.1, 0.15) is 12.0 Å². The normalized spacial score (nSPS) is 14.4.